The van der Waals surface area contributed by atoms with E-state index in [1.807, 2.05) is 0 Å². The summed E-state index contributed by atoms with van der Waals surface area (Å²) in [6, 6.07) is 0. The van der Waals surface area contributed by atoms with E-state index in [0.29, 0.717) is 6.92 Å². The maximum Gasteiger partial charge on any atom is 0.365 e. The van der Waals surface area contributed by atoms with E-state index in [0.717, 1.165) is 30.0 Å². The summed E-state index contributed by atoms with van der Waals surface area (Å²) in [4.78, 5) is 2.33. The summed E-state index contributed by atoms with van der Waals surface area (Å²) < 4.78 is 7.19. The lowest BCUT2D eigenvalue weighted by atomic mass is 9.30. The molecule has 0 unspecified atom stereocenters. The number of hydrogen-bond donors (Lipinski definition) is 0. The lowest BCUT2D eigenvalue weighted by Crippen LogP contribution is -2.37. The summed E-state index contributed by atoms with van der Waals surface area (Å²) in [5.74, 6) is 7.27. The number of rotatable bonds is 8. The largest absolute Gasteiger partial charge is 0.549 e. The molecule has 0 spiro atoms. The van der Waals surface area contributed by atoms with Gasteiger partial charge in [-0.3, -0.25) is 0 Å². The van der Waals surface area contributed by atoms with Crippen LogP contribution >= 0.6 is 0 Å². The van der Waals surface area contributed by atoms with E-state index < -0.39 is 0 Å². The number of nitrogens with zero attached hydrogens (tertiary/aromatic N) is 1. The third-order valence-corrected chi connectivity index (χ3v) is 9.65. The number of hydrogen-bond acceptors (Lipinski definition) is 2. The third-order valence-electron chi connectivity index (χ3n) is 9.65. The minimum absolute atomic E-state index is 0.461. The predicted octanol–water partition coefficient (Wildman–Crippen LogP) is 8.77. The molecule has 4 heteroatoms. The molecule has 0 radical (unpaired) electrons. The first kappa shape index (κ1) is 24.6. The molecule has 0 aromatic rings. The van der Waals surface area contributed by atoms with E-state index in [1.54, 1.807) is 0 Å². The topological polar surface area (TPSA) is 12.5 Å². The van der Waals surface area contributed by atoms with Crippen LogP contribution in [0.3, 0.4) is 0 Å². The van der Waals surface area contributed by atoms with Crippen molar-refractivity contribution in [2.45, 2.75) is 152 Å². The fourth-order valence-corrected chi connectivity index (χ4v) is 7.80. The summed E-state index contributed by atoms with van der Waals surface area (Å²) in [6.45, 7) is 1.20. The molecule has 4 saturated carbocycles. The van der Waals surface area contributed by atoms with E-state index in [2.05, 4.69) is 25.0 Å². The molecule has 0 amide bonds. The zero-order chi connectivity index (χ0) is 22.2. The van der Waals surface area contributed by atoms with Gasteiger partial charge in [0.05, 0.1) is 0 Å². The quantitative estimate of drug-likeness (QED) is 0.277. The molecule has 32 heavy (non-hydrogen) atoms. The first-order chi connectivity index (χ1) is 15.7. The first-order valence-corrected chi connectivity index (χ1v) is 14.8. The first-order valence-electron chi connectivity index (χ1n) is 14.8. The molecule has 0 heterocycles. The Labute approximate surface area is 200 Å². The molecule has 0 atom stereocenters. The summed E-state index contributed by atoms with van der Waals surface area (Å²) in [7, 11) is 4.48. The van der Waals surface area contributed by atoms with Crippen LogP contribution in [-0.4, -0.2) is 32.6 Å². The van der Waals surface area contributed by atoms with Crippen LogP contribution in [0.5, 0.6) is 0 Å². The van der Waals surface area contributed by atoms with Crippen molar-refractivity contribution in [2.75, 3.05) is 14.1 Å². The molecule has 0 bridgehead atoms. The fourth-order valence-electron chi connectivity index (χ4n) is 7.80. The highest BCUT2D eigenvalue weighted by atomic mass is 16.5. The van der Waals surface area contributed by atoms with Gasteiger partial charge in [-0.15, -0.1) is 0 Å². The van der Waals surface area contributed by atoms with Crippen molar-refractivity contribution in [3.05, 3.63) is 11.9 Å². The van der Waals surface area contributed by atoms with Gasteiger partial charge < -0.3 is 9.55 Å². The second kappa shape index (κ2) is 12.8. The van der Waals surface area contributed by atoms with Gasteiger partial charge in [0.2, 0.25) is 0 Å². The van der Waals surface area contributed by atoms with Crippen molar-refractivity contribution in [1.29, 1.82) is 0 Å². The van der Waals surface area contributed by atoms with E-state index in [1.165, 1.54) is 134 Å². The van der Waals surface area contributed by atoms with Crippen molar-refractivity contribution in [3.63, 3.8) is 0 Å². The molecule has 0 saturated heterocycles. The molecular formula is C28H51B2NO. The Kier molecular flexibility index (Phi) is 9.84. The fraction of sp³-hybridized carbons (Fsp3) is 0.929. The van der Waals surface area contributed by atoms with Crippen molar-refractivity contribution >= 4 is 13.6 Å². The van der Waals surface area contributed by atoms with Crippen molar-refractivity contribution < 1.29 is 4.65 Å². The van der Waals surface area contributed by atoms with Gasteiger partial charge in [-0.25, -0.2) is 0 Å². The lowest BCUT2D eigenvalue weighted by Gasteiger charge is -2.38. The molecule has 0 aromatic heterocycles. The zero-order valence-corrected chi connectivity index (χ0v) is 21.5. The second-order valence-corrected chi connectivity index (χ2v) is 12.2. The van der Waals surface area contributed by atoms with Gasteiger partial charge in [0.1, 0.15) is 0 Å². The van der Waals surface area contributed by atoms with Crippen molar-refractivity contribution in [2.24, 2.45) is 0 Å². The van der Waals surface area contributed by atoms with Crippen molar-refractivity contribution in [3.8, 4) is 0 Å². The maximum absolute atomic E-state index is 7.19. The predicted molar refractivity (Wildman–Crippen MR) is 142 cm³/mol. The minimum atomic E-state index is 0.461. The molecule has 4 fully saturated rings. The van der Waals surface area contributed by atoms with Gasteiger partial charge in [-0.2, -0.15) is 0 Å². The van der Waals surface area contributed by atoms with E-state index in [4.69, 9.17) is 4.65 Å². The highest BCUT2D eigenvalue weighted by molar-refractivity contribution is 6.67. The van der Waals surface area contributed by atoms with Crippen molar-refractivity contribution in [1.82, 2.24) is 4.90 Å². The lowest BCUT2D eigenvalue weighted by molar-refractivity contribution is 0.260. The molecule has 4 aliphatic rings. The van der Waals surface area contributed by atoms with Crippen LogP contribution in [0.1, 0.15) is 128 Å². The SMILES string of the molecule is CN(C)/C(=C/B(C1CCCCC1)C1CCCCC1)OB(C1CCCCC1)C1CCCCC1. The summed E-state index contributed by atoms with van der Waals surface area (Å²) >= 11 is 0. The summed E-state index contributed by atoms with van der Waals surface area (Å²) in [5.41, 5.74) is 0. The van der Waals surface area contributed by atoms with Crippen LogP contribution in [0.15, 0.2) is 11.9 Å². The average molecular weight is 439 g/mol. The van der Waals surface area contributed by atoms with Crippen LogP contribution in [-0.2, 0) is 4.65 Å². The highest BCUT2D eigenvalue weighted by Crippen LogP contribution is 2.45. The summed E-state index contributed by atoms with van der Waals surface area (Å²) in [5, 5.41) is 0. The van der Waals surface area contributed by atoms with E-state index in [9.17, 15) is 0 Å². The Balaban J connectivity index is 1.55. The van der Waals surface area contributed by atoms with Gasteiger partial charge in [0.25, 0.3) is 0 Å². The second-order valence-electron chi connectivity index (χ2n) is 12.2. The van der Waals surface area contributed by atoms with E-state index in [-0.39, 0.29) is 0 Å². The molecule has 4 rings (SSSR count). The molecule has 2 nitrogen and oxygen atoms in total. The Morgan fingerprint density at radius 1 is 0.562 bits per heavy atom. The highest BCUT2D eigenvalue weighted by Gasteiger charge is 2.40. The van der Waals surface area contributed by atoms with Gasteiger partial charge in [-0.1, -0.05) is 146 Å². The summed E-state index contributed by atoms with van der Waals surface area (Å²) in [6.07, 6.45) is 28.7. The van der Waals surface area contributed by atoms with Gasteiger partial charge in [0, 0.05) is 14.1 Å². The standard InChI is InChI=1S/C28H51B2NO/c1-31(2)28(23-29(24-15-7-3-8-16-24)25-17-9-4-10-18-25)32-30(26-19-11-5-12-20-26)27-21-13-6-14-22-27/h23-27H,3-22H2,1-2H3/b28-23-. The molecule has 0 N–H and O–H groups in total. The van der Waals surface area contributed by atoms with Crippen LogP contribution in [0.4, 0.5) is 0 Å². The smallest absolute Gasteiger partial charge is 0.365 e. The molecule has 0 aliphatic heterocycles. The normalized spacial score (nSPS) is 25.5. The maximum atomic E-state index is 7.19. The van der Waals surface area contributed by atoms with Gasteiger partial charge in [0.15, 0.2) is 12.6 Å². The average Bonchev–Trinajstić information content (AvgIpc) is 2.86. The Morgan fingerprint density at radius 2 is 0.906 bits per heavy atom. The molecule has 0 aromatic carbocycles. The zero-order valence-electron chi connectivity index (χ0n) is 21.5. The van der Waals surface area contributed by atoms with E-state index >= 15 is 0 Å². The molecular weight excluding hydrogens is 388 g/mol. The van der Waals surface area contributed by atoms with Gasteiger partial charge in [-0.05, 0) is 11.6 Å². The Bertz CT molecular complexity index is 520. The molecule has 4 aliphatic carbocycles. The van der Waals surface area contributed by atoms with Crippen LogP contribution in [0, 0.1) is 0 Å². The minimum Gasteiger partial charge on any atom is -0.549 e. The monoisotopic (exact) mass is 439 g/mol. The molecule has 180 valence electrons. The van der Waals surface area contributed by atoms with Crippen LogP contribution < -0.4 is 0 Å². The van der Waals surface area contributed by atoms with Crippen LogP contribution in [0.2, 0.25) is 23.3 Å². The Morgan fingerprint density at radius 3 is 1.25 bits per heavy atom. The van der Waals surface area contributed by atoms with Gasteiger partial charge >= 0.3 is 6.92 Å². The Hall–Kier alpha value is -0.530. The van der Waals surface area contributed by atoms with Crippen LogP contribution in [0.25, 0.3) is 0 Å². The third kappa shape index (κ3) is 6.75.